The average Bonchev–Trinajstić information content (AvgIpc) is 2.83. The van der Waals surface area contributed by atoms with E-state index >= 15 is 0 Å². The Balaban J connectivity index is 2.01. The van der Waals surface area contributed by atoms with Crippen molar-refractivity contribution >= 4 is 11.4 Å². The first-order valence-corrected chi connectivity index (χ1v) is 7.37. The van der Waals surface area contributed by atoms with E-state index in [9.17, 15) is 0 Å². The maximum absolute atomic E-state index is 5.97. The van der Waals surface area contributed by atoms with Gasteiger partial charge in [-0.05, 0) is 41.7 Å². The molecule has 1 aliphatic rings. The van der Waals surface area contributed by atoms with E-state index in [2.05, 4.69) is 61.2 Å². The molecule has 0 amide bonds. The molecule has 0 saturated carbocycles. The van der Waals surface area contributed by atoms with Gasteiger partial charge in [-0.15, -0.1) is 0 Å². The van der Waals surface area contributed by atoms with Crippen LogP contribution in [-0.4, -0.2) is 6.54 Å². The number of hydrogen-bond donors (Lipinski definition) is 1. The molecule has 1 aliphatic heterocycles. The van der Waals surface area contributed by atoms with Gasteiger partial charge in [0.15, 0.2) is 0 Å². The summed E-state index contributed by atoms with van der Waals surface area (Å²) in [5.74, 6) is 0.544. The number of para-hydroxylation sites is 1. The number of fused-ring (bicyclic) bond motifs is 1. The molecule has 0 fully saturated rings. The number of benzene rings is 2. The summed E-state index contributed by atoms with van der Waals surface area (Å²) in [4.78, 5) is 2.54. The predicted molar refractivity (Wildman–Crippen MR) is 85.9 cm³/mol. The zero-order valence-electron chi connectivity index (χ0n) is 12.2. The zero-order chi connectivity index (χ0) is 14.1. The summed E-state index contributed by atoms with van der Waals surface area (Å²) in [7, 11) is 0. The second kappa shape index (κ2) is 5.20. The van der Waals surface area contributed by atoms with E-state index in [1.54, 1.807) is 0 Å². The number of nitrogens with two attached hydrogens (primary N) is 1. The third-order valence-electron chi connectivity index (χ3n) is 4.14. The highest BCUT2D eigenvalue weighted by Gasteiger charge is 2.29. The third kappa shape index (κ3) is 2.26. The highest BCUT2D eigenvalue weighted by atomic mass is 15.2. The maximum atomic E-state index is 5.97. The Kier molecular flexibility index (Phi) is 3.39. The van der Waals surface area contributed by atoms with E-state index in [0.29, 0.717) is 12.0 Å². The van der Waals surface area contributed by atoms with Crippen LogP contribution in [0, 0.1) is 5.92 Å². The van der Waals surface area contributed by atoms with E-state index in [0.717, 1.165) is 18.7 Å². The van der Waals surface area contributed by atoms with E-state index in [1.165, 1.54) is 16.8 Å². The lowest BCUT2D eigenvalue weighted by atomic mass is 9.94. The first-order chi connectivity index (χ1) is 9.66. The molecular weight excluding hydrogens is 244 g/mol. The molecular formula is C18H22N2. The molecule has 0 aromatic heterocycles. The number of hydrogen-bond acceptors (Lipinski definition) is 2. The fourth-order valence-corrected chi connectivity index (χ4v) is 3.32. The van der Waals surface area contributed by atoms with Crippen molar-refractivity contribution in [3.63, 3.8) is 0 Å². The topological polar surface area (TPSA) is 29.3 Å². The van der Waals surface area contributed by atoms with Crippen molar-refractivity contribution in [2.24, 2.45) is 5.92 Å². The third-order valence-corrected chi connectivity index (χ3v) is 4.14. The smallest absolute Gasteiger partial charge is 0.0566 e. The molecule has 0 aliphatic carbocycles. The van der Waals surface area contributed by atoms with Crippen LogP contribution in [0.3, 0.4) is 0 Å². The summed E-state index contributed by atoms with van der Waals surface area (Å²) in [6.45, 7) is 5.67. The lowest BCUT2D eigenvalue weighted by Crippen LogP contribution is -2.30. The molecule has 2 N–H and O–H groups in total. The minimum Gasteiger partial charge on any atom is -0.399 e. The van der Waals surface area contributed by atoms with Crippen LogP contribution in [0.4, 0.5) is 11.4 Å². The molecule has 3 rings (SSSR count). The molecule has 2 aromatic rings. The molecule has 1 heterocycles. The van der Waals surface area contributed by atoms with Gasteiger partial charge in [0, 0.05) is 17.9 Å². The summed E-state index contributed by atoms with van der Waals surface area (Å²) in [5.41, 5.74) is 11.0. The van der Waals surface area contributed by atoms with E-state index in [1.807, 2.05) is 6.07 Å². The molecule has 0 radical (unpaired) electrons. The van der Waals surface area contributed by atoms with Gasteiger partial charge in [0.25, 0.3) is 0 Å². The first kappa shape index (κ1) is 13.0. The van der Waals surface area contributed by atoms with Gasteiger partial charge < -0.3 is 10.6 Å². The number of nitrogens with zero attached hydrogens (tertiary/aromatic N) is 1. The van der Waals surface area contributed by atoms with Crippen molar-refractivity contribution in [1.29, 1.82) is 0 Å². The lowest BCUT2D eigenvalue weighted by Gasteiger charge is -2.34. The Hall–Kier alpha value is -1.96. The molecule has 0 bridgehead atoms. The normalized spacial score (nSPS) is 15.4. The fraction of sp³-hybridized carbons (Fsp3) is 0.333. The molecule has 1 unspecified atom stereocenters. The molecule has 20 heavy (non-hydrogen) atoms. The summed E-state index contributed by atoms with van der Waals surface area (Å²) in [6.07, 6.45) is 1.14. The molecule has 2 nitrogen and oxygen atoms in total. The predicted octanol–water partition coefficient (Wildman–Crippen LogP) is 4.03. The number of anilines is 2. The highest BCUT2D eigenvalue weighted by Crippen LogP contribution is 2.38. The van der Waals surface area contributed by atoms with Gasteiger partial charge in [-0.2, -0.15) is 0 Å². The second-order valence-electron chi connectivity index (χ2n) is 5.93. The number of rotatable bonds is 3. The average molecular weight is 266 g/mol. The Morgan fingerprint density at radius 2 is 1.85 bits per heavy atom. The number of nitrogen functional groups attached to an aromatic ring is 1. The van der Waals surface area contributed by atoms with Gasteiger partial charge in [0.05, 0.1) is 6.04 Å². The molecule has 1 atom stereocenters. The Morgan fingerprint density at radius 1 is 1.05 bits per heavy atom. The fourth-order valence-electron chi connectivity index (χ4n) is 3.32. The van der Waals surface area contributed by atoms with Crippen molar-refractivity contribution < 1.29 is 0 Å². The van der Waals surface area contributed by atoms with E-state index in [-0.39, 0.29) is 0 Å². The molecule has 0 spiro atoms. The van der Waals surface area contributed by atoms with Crippen LogP contribution in [0.5, 0.6) is 0 Å². The van der Waals surface area contributed by atoms with Crippen LogP contribution >= 0.6 is 0 Å². The van der Waals surface area contributed by atoms with Gasteiger partial charge in [-0.25, -0.2) is 0 Å². The van der Waals surface area contributed by atoms with Crippen LogP contribution in [-0.2, 0) is 6.42 Å². The monoisotopic (exact) mass is 266 g/mol. The van der Waals surface area contributed by atoms with Crippen LogP contribution in [0.25, 0.3) is 0 Å². The molecule has 0 saturated heterocycles. The van der Waals surface area contributed by atoms with Crippen molar-refractivity contribution in [3.8, 4) is 0 Å². The van der Waals surface area contributed by atoms with Gasteiger partial charge in [-0.1, -0.05) is 44.2 Å². The largest absolute Gasteiger partial charge is 0.399 e. The maximum Gasteiger partial charge on any atom is 0.0566 e. The summed E-state index contributed by atoms with van der Waals surface area (Å²) < 4.78 is 0. The van der Waals surface area contributed by atoms with Gasteiger partial charge in [0.2, 0.25) is 0 Å². The second-order valence-corrected chi connectivity index (χ2v) is 5.93. The molecule has 2 heteroatoms. The first-order valence-electron chi connectivity index (χ1n) is 7.37. The Labute approximate surface area is 121 Å². The Morgan fingerprint density at radius 3 is 2.60 bits per heavy atom. The van der Waals surface area contributed by atoms with Crippen LogP contribution in [0.1, 0.15) is 31.0 Å². The van der Waals surface area contributed by atoms with Crippen LogP contribution in [0.15, 0.2) is 48.5 Å². The minimum absolute atomic E-state index is 0.391. The van der Waals surface area contributed by atoms with Crippen LogP contribution in [0.2, 0.25) is 0 Å². The van der Waals surface area contributed by atoms with Crippen LogP contribution < -0.4 is 10.6 Å². The highest BCUT2D eigenvalue weighted by molar-refractivity contribution is 5.60. The summed E-state index contributed by atoms with van der Waals surface area (Å²) in [5, 5.41) is 0. The Bertz CT molecular complexity index is 604. The molecule has 104 valence electrons. The minimum atomic E-state index is 0.391. The van der Waals surface area contributed by atoms with Crippen molar-refractivity contribution in [3.05, 3.63) is 59.7 Å². The van der Waals surface area contributed by atoms with Gasteiger partial charge >= 0.3 is 0 Å². The quantitative estimate of drug-likeness (QED) is 0.850. The van der Waals surface area contributed by atoms with Crippen molar-refractivity contribution in [2.75, 3.05) is 17.2 Å². The lowest BCUT2D eigenvalue weighted by molar-refractivity contribution is 0.478. The SMILES string of the molecule is CC(C)C(c1cccc(N)c1)N1CCc2ccccc21. The van der Waals surface area contributed by atoms with Gasteiger partial charge in [-0.3, -0.25) is 0 Å². The standard InChI is InChI=1S/C18H22N2/c1-13(2)18(15-7-5-8-16(19)12-15)20-11-10-14-6-3-4-9-17(14)20/h3-9,12-13,18H,10-11,19H2,1-2H3. The summed E-state index contributed by atoms with van der Waals surface area (Å²) in [6, 6.07) is 17.5. The van der Waals surface area contributed by atoms with Crippen molar-refractivity contribution in [2.45, 2.75) is 26.3 Å². The zero-order valence-corrected chi connectivity index (χ0v) is 12.2. The molecule has 2 aromatic carbocycles. The van der Waals surface area contributed by atoms with E-state index < -0.39 is 0 Å². The van der Waals surface area contributed by atoms with Gasteiger partial charge in [0.1, 0.15) is 0 Å². The van der Waals surface area contributed by atoms with E-state index in [4.69, 9.17) is 5.73 Å². The van der Waals surface area contributed by atoms with Crippen molar-refractivity contribution in [1.82, 2.24) is 0 Å². The summed E-state index contributed by atoms with van der Waals surface area (Å²) >= 11 is 0.